The molecule has 152 valence electrons. The van der Waals surface area contributed by atoms with Gasteiger partial charge in [0.1, 0.15) is 0 Å². The first-order chi connectivity index (χ1) is 14.4. The van der Waals surface area contributed by atoms with Gasteiger partial charge in [-0.3, -0.25) is 4.79 Å². The molecule has 30 heavy (non-hydrogen) atoms. The first-order valence-electron chi connectivity index (χ1n) is 9.36. The second kappa shape index (κ2) is 9.77. The number of benzene rings is 3. The number of amides is 1. The van der Waals surface area contributed by atoms with Crippen molar-refractivity contribution < 1.29 is 9.90 Å². The second-order valence-corrected chi connectivity index (χ2v) is 7.81. The molecule has 1 N–H and O–H groups in total. The molecule has 3 aromatic rings. The lowest BCUT2D eigenvalue weighted by Crippen LogP contribution is -2.43. The van der Waals surface area contributed by atoms with Crippen molar-refractivity contribution in [1.29, 1.82) is 0 Å². The highest BCUT2D eigenvalue weighted by Crippen LogP contribution is 2.29. The molecule has 0 radical (unpaired) electrons. The molecule has 3 rings (SSSR count). The minimum Gasteiger partial charge on any atom is -0.386 e. The Bertz CT molecular complexity index is 1060. The van der Waals surface area contributed by atoms with Crippen LogP contribution in [0.3, 0.4) is 0 Å². The molecule has 0 heterocycles. The average Bonchev–Trinajstić information content (AvgIpc) is 2.76. The molecule has 0 saturated heterocycles. The normalized spacial score (nSPS) is 12.6. The van der Waals surface area contributed by atoms with Gasteiger partial charge in [0.05, 0.1) is 25.1 Å². The third kappa shape index (κ3) is 5.20. The summed E-state index contributed by atoms with van der Waals surface area (Å²) in [7, 11) is 0. The van der Waals surface area contributed by atoms with Crippen molar-refractivity contribution in [2.24, 2.45) is 0 Å². The molecule has 0 fully saturated rings. The number of hydrogen-bond acceptors (Lipinski definition) is 2. The smallest absolute Gasteiger partial charge is 0.231 e. The van der Waals surface area contributed by atoms with Gasteiger partial charge in [0.25, 0.3) is 0 Å². The monoisotopic (exact) mass is 438 g/mol. The van der Waals surface area contributed by atoms with Crippen LogP contribution in [0.25, 0.3) is 4.85 Å². The van der Waals surface area contributed by atoms with Gasteiger partial charge in [-0.1, -0.05) is 59.6 Å². The van der Waals surface area contributed by atoms with E-state index in [1.54, 1.807) is 84.6 Å². The lowest BCUT2D eigenvalue weighted by Gasteiger charge is -2.33. The van der Waals surface area contributed by atoms with Gasteiger partial charge in [0, 0.05) is 15.7 Å². The molecule has 0 saturated carbocycles. The van der Waals surface area contributed by atoms with E-state index in [2.05, 4.69) is 4.85 Å². The predicted octanol–water partition coefficient (Wildman–Crippen LogP) is 6.24. The maximum Gasteiger partial charge on any atom is 0.231 e. The third-order valence-electron chi connectivity index (χ3n) is 4.85. The highest BCUT2D eigenvalue weighted by atomic mass is 35.5. The Morgan fingerprint density at radius 2 is 1.63 bits per heavy atom. The summed E-state index contributed by atoms with van der Waals surface area (Å²) in [6, 6.07) is 20.2. The first-order valence-corrected chi connectivity index (χ1v) is 10.1. The van der Waals surface area contributed by atoms with Gasteiger partial charge < -0.3 is 10.0 Å². The number of aliphatic hydroxyl groups is 1. The molecule has 1 amide bonds. The fourth-order valence-corrected chi connectivity index (χ4v) is 3.52. The van der Waals surface area contributed by atoms with Crippen molar-refractivity contribution in [3.05, 3.63) is 105 Å². The topological polar surface area (TPSA) is 44.9 Å². The molecule has 0 aliphatic heterocycles. The van der Waals surface area contributed by atoms with Crippen LogP contribution in [-0.2, 0) is 11.2 Å². The third-order valence-corrected chi connectivity index (χ3v) is 5.35. The van der Waals surface area contributed by atoms with E-state index in [4.69, 9.17) is 29.8 Å². The van der Waals surface area contributed by atoms with Crippen molar-refractivity contribution in [3.8, 4) is 0 Å². The van der Waals surface area contributed by atoms with Gasteiger partial charge in [-0.15, -0.1) is 0 Å². The minimum absolute atomic E-state index is 0.152. The zero-order chi connectivity index (χ0) is 21.7. The van der Waals surface area contributed by atoms with Gasteiger partial charge in [-0.2, -0.15) is 0 Å². The molecular formula is C24H20Cl2N2O2. The molecule has 0 aliphatic carbocycles. The van der Waals surface area contributed by atoms with E-state index in [-0.39, 0.29) is 12.3 Å². The van der Waals surface area contributed by atoms with Gasteiger partial charge in [-0.25, -0.2) is 4.85 Å². The van der Waals surface area contributed by atoms with Crippen LogP contribution in [-0.4, -0.2) is 17.1 Å². The Labute approximate surface area is 186 Å². The molecule has 2 atom stereocenters. The number of rotatable bonds is 6. The summed E-state index contributed by atoms with van der Waals surface area (Å²) >= 11 is 12.0. The van der Waals surface area contributed by atoms with E-state index in [1.807, 2.05) is 0 Å². The van der Waals surface area contributed by atoms with Crippen molar-refractivity contribution in [2.45, 2.75) is 25.5 Å². The van der Waals surface area contributed by atoms with Crippen LogP contribution in [0.5, 0.6) is 0 Å². The van der Waals surface area contributed by atoms with Crippen LogP contribution in [0.1, 0.15) is 24.2 Å². The van der Waals surface area contributed by atoms with Crippen LogP contribution in [0.15, 0.2) is 72.8 Å². The lowest BCUT2D eigenvalue weighted by molar-refractivity contribution is -0.119. The maximum atomic E-state index is 13.3. The summed E-state index contributed by atoms with van der Waals surface area (Å²) in [6.07, 6.45) is -0.824. The molecule has 2 unspecified atom stereocenters. The van der Waals surface area contributed by atoms with Gasteiger partial charge in [0.15, 0.2) is 5.69 Å². The van der Waals surface area contributed by atoms with E-state index >= 15 is 0 Å². The number of carbonyl (C=O) groups is 1. The standard InChI is InChI=1S/C24H20Cl2N2O2/c1-16(24(30)18-4-3-5-21(15-18)27-2)28(22-12-10-20(26)11-13-22)23(29)14-17-6-8-19(25)9-7-17/h3-13,15-16,24,30H,14H2,1H3. The fourth-order valence-electron chi connectivity index (χ4n) is 3.27. The molecule has 3 aromatic carbocycles. The maximum absolute atomic E-state index is 13.3. The lowest BCUT2D eigenvalue weighted by atomic mass is 10.00. The van der Waals surface area contributed by atoms with Gasteiger partial charge >= 0.3 is 0 Å². The van der Waals surface area contributed by atoms with Gasteiger partial charge in [-0.05, 0) is 54.4 Å². The highest BCUT2D eigenvalue weighted by molar-refractivity contribution is 6.30. The number of carbonyl (C=O) groups excluding carboxylic acids is 1. The number of nitrogens with zero attached hydrogens (tertiary/aromatic N) is 2. The number of halogens is 2. The SMILES string of the molecule is [C-]#[N+]c1cccc(C(O)C(C)N(C(=O)Cc2ccc(Cl)cc2)c2ccc(Cl)cc2)c1. The summed E-state index contributed by atoms with van der Waals surface area (Å²) in [4.78, 5) is 18.3. The van der Waals surface area contributed by atoms with Crippen LogP contribution < -0.4 is 4.90 Å². The predicted molar refractivity (Wildman–Crippen MR) is 121 cm³/mol. The molecular weight excluding hydrogens is 419 g/mol. The Morgan fingerprint density at radius 3 is 2.23 bits per heavy atom. The summed E-state index contributed by atoms with van der Waals surface area (Å²) in [5, 5.41) is 12.2. The zero-order valence-electron chi connectivity index (χ0n) is 16.3. The van der Waals surface area contributed by atoms with Crippen molar-refractivity contribution in [3.63, 3.8) is 0 Å². The van der Waals surface area contributed by atoms with Crippen molar-refractivity contribution in [1.82, 2.24) is 0 Å². The van der Waals surface area contributed by atoms with Crippen molar-refractivity contribution >= 4 is 40.5 Å². The Morgan fingerprint density at radius 1 is 1.03 bits per heavy atom. The van der Waals surface area contributed by atoms with Crippen LogP contribution in [0, 0.1) is 6.57 Å². The van der Waals surface area contributed by atoms with E-state index < -0.39 is 12.1 Å². The number of anilines is 1. The van der Waals surface area contributed by atoms with E-state index in [0.717, 1.165) is 5.56 Å². The minimum atomic E-state index is -0.975. The largest absolute Gasteiger partial charge is 0.386 e. The molecule has 0 aromatic heterocycles. The first kappa shape index (κ1) is 21.9. The van der Waals surface area contributed by atoms with Crippen molar-refractivity contribution in [2.75, 3.05) is 4.90 Å². The second-order valence-electron chi connectivity index (χ2n) is 6.94. The number of aliphatic hydroxyl groups excluding tert-OH is 1. The van der Waals surface area contributed by atoms with E-state index in [0.29, 0.717) is 27.0 Å². The molecule has 4 nitrogen and oxygen atoms in total. The molecule has 6 heteroatoms. The zero-order valence-corrected chi connectivity index (χ0v) is 17.8. The van der Waals surface area contributed by atoms with Crippen LogP contribution >= 0.6 is 23.2 Å². The molecule has 0 bridgehead atoms. The van der Waals surface area contributed by atoms with Crippen LogP contribution in [0.2, 0.25) is 10.0 Å². The summed E-state index contributed by atoms with van der Waals surface area (Å²) in [5.74, 6) is -0.174. The van der Waals surface area contributed by atoms with Crippen LogP contribution in [0.4, 0.5) is 11.4 Å². The number of hydrogen-bond donors (Lipinski definition) is 1. The quantitative estimate of drug-likeness (QED) is 0.462. The van der Waals surface area contributed by atoms with Gasteiger partial charge in [0.2, 0.25) is 5.91 Å². The summed E-state index contributed by atoms with van der Waals surface area (Å²) in [5.41, 5.74) is 2.46. The highest BCUT2D eigenvalue weighted by Gasteiger charge is 2.28. The Kier molecular flexibility index (Phi) is 7.12. The summed E-state index contributed by atoms with van der Waals surface area (Å²) in [6.45, 7) is 8.97. The molecule has 0 aliphatic rings. The van der Waals surface area contributed by atoms with E-state index in [9.17, 15) is 9.90 Å². The average molecular weight is 439 g/mol. The Hall–Kier alpha value is -2.84. The fraction of sp³-hybridized carbons (Fsp3) is 0.167. The molecule has 0 spiro atoms. The Balaban J connectivity index is 1.93. The van der Waals surface area contributed by atoms with E-state index in [1.165, 1.54) is 0 Å². The summed E-state index contributed by atoms with van der Waals surface area (Å²) < 4.78 is 0.